The van der Waals surface area contributed by atoms with Crippen molar-refractivity contribution in [3.05, 3.63) is 41.7 Å². The molecule has 0 saturated heterocycles. The Labute approximate surface area is 127 Å². The van der Waals surface area contributed by atoms with Gasteiger partial charge < -0.3 is 11.1 Å². The van der Waals surface area contributed by atoms with Crippen LogP contribution in [0, 0.1) is 6.92 Å². The molecule has 0 bridgehead atoms. The third kappa shape index (κ3) is 3.94. The van der Waals surface area contributed by atoms with E-state index in [1.54, 1.807) is 25.1 Å². The van der Waals surface area contributed by atoms with Gasteiger partial charge in [-0.05, 0) is 37.3 Å². The van der Waals surface area contributed by atoms with E-state index in [4.69, 9.17) is 23.1 Å². The van der Waals surface area contributed by atoms with Crippen LogP contribution in [-0.2, 0) is 10.0 Å². The van der Waals surface area contributed by atoms with E-state index in [2.05, 4.69) is 15.3 Å². The summed E-state index contributed by atoms with van der Waals surface area (Å²) >= 11 is 4.88. The average Bonchev–Trinajstić information content (AvgIpc) is 2.37. The van der Waals surface area contributed by atoms with Gasteiger partial charge in [0.05, 0.1) is 4.90 Å². The van der Waals surface area contributed by atoms with Crippen LogP contribution in [0.2, 0.25) is 0 Å². The number of hydrogen-bond donors (Lipinski definition) is 3. The Morgan fingerprint density at radius 2 is 1.86 bits per heavy atom. The molecule has 0 amide bonds. The highest BCUT2D eigenvalue weighted by molar-refractivity contribution is 7.89. The number of hydrogen-bond acceptors (Lipinski definition) is 6. The van der Waals surface area contributed by atoms with Crippen LogP contribution >= 0.6 is 12.2 Å². The number of nitrogens with two attached hydrogens (primary N) is 2. The highest BCUT2D eigenvalue weighted by Gasteiger charge is 2.08. The van der Waals surface area contributed by atoms with Crippen molar-refractivity contribution in [3.63, 3.8) is 0 Å². The molecule has 0 atom stereocenters. The van der Waals surface area contributed by atoms with E-state index in [1.165, 1.54) is 12.1 Å². The molecule has 0 unspecified atom stereocenters. The molecule has 0 aliphatic heterocycles. The number of primary sulfonamides is 1. The van der Waals surface area contributed by atoms with Gasteiger partial charge in [0.2, 0.25) is 16.0 Å². The topological polar surface area (TPSA) is 124 Å². The lowest BCUT2D eigenvalue weighted by atomic mass is 10.3. The van der Waals surface area contributed by atoms with Crippen molar-refractivity contribution >= 4 is 38.9 Å². The zero-order chi connectivity index (χ0) is 15.6. The van der Waals surface area contributed by atoms with E-state index in [0.717, 1.165) is 0 Å². The lowest BCUT2D eigenvalue weighted by Crippen LogP contribution is -2.14. The van der Waals surface area contributed by atoms with Crippen LogP contribution in [-0.4, -0.2) is 23.4 Å². The molecule has 1 aromatic carbocycles. The van der Waals surface area contributed by atoms with Gasteiger partial charge in [-0.15, -0.1) is 0 Å². The molecule has 0 saturated carbocycles. The molecule has 2 rings (SSSR count). The number of nitrogens with zero attached hydrogens (tertiary/aromatic N) is 2. The maximum Gasteiger partial charge on any atom is 0.238 e. The van der Waals surface area contributed by atoms with E-state index in [0.29, 0.717) is 23.0 Å². The molecule has 0 fully saturated rings. The number of aryl methyl sites for hydroxylation is 1. The third-order valence-corrected chi connectivity index (χ3v) is 3.68. The number of thiocarbonyl (C=S) groups is 1. The summed E-state index contributed by atoms with van der Waals surface area (Å²) in [4.78, 5) is 8.57. The summed E-state index contributed by atoms with van der Waals surface area (Å²) in [5, 5.41) is 7.98. The standard InChI is InChI=1S/C12H13N5O2S2/c1-7-6-10(11(13)20)17-12(15-7)16-8-2-4-9(5-3-8)21(14,18)19/h2-6H,1H3,(H2,13,20)(H2,14,18,19)(H,15,16,17). The van der Waals surface area contributed by atoms with Crippen LogP contribution in [0.25, 0.3) is 0 Å². The van der Waals surface area contributed by atoms with Crippen molar-refractivity contribution in [1.29, 1.82) is 0 Å². The fraction of sp³-hybridized carbons (Fsp3) is 0.0833. The molecule has 1 heterocycles. The molecule has 0 aliphatic rings. The van der Waals surface area contributed by atoms with E-state index in [1.807, 2.05) is 0 Å². The first-order chi connectivity index (χ1) is 9.75. The largest absolute Gasteiger partial charge is 0.388 e. The smallest absolute Gasteiger partial charge is 0.238 e. The Morgan fingerprint density at radius 1 is 1.24 bits per heavy atom. The summed E-state index contributed by atoms with van der Waals surface area (Å²) < 4.78 is 22.3. The first-order valence-corrected chi connectivity index (χ1v) is 7.76. The number of aromatic nitrogens is 2. The highest BCUT2D eigenvalue weighted by atomic mass is 32.2. The van der Waals surface area contributed by atoms with Crippen LogP contribution < -0.4 is 16.2 Å². The molecule has 110 valence electrons. The van der Waals surface area contributed by atoms with E-state index >= 15 is 0 Å². The lowest BCUT2D eigenvalue weighted by Gasteiger charge is -2.08. The van der Waals surface area contributed by atoms with Gasteiger partial charge in [0.1, 0.15) is 10.7 Å². The average molecular weight is 323 g/mol. The van der Waals surface area contributed by atoms with Gasteiger partial charge in [0, 0.05) is 11.4 Å². The molecule has 21 heavy (non-hydrogen) atoms. The van der Waals surface area contributed by atoms with Crippen LogP contribution in [0.4, 0.5) is 11.6 Å². The second-order valence-corrected chi connectivity index (χ2v) is 6.28. The fourth-order valence-electron chi connectivity index (χ4n) is 1.61. The monoisotopic (exact) mass is 323 g/mol. The van der Waals surface area contributed by atoms with Crippen molar-refractivity contribution in [2.24, 2.45) is 10.9 Å². The van der Waals surface area contributed by atoms with Gasteiger partial charge >= 0.3 is 0 Å². The van der Waals surface area contributed by atoms with E-state index in [-0.39, 0.29) is 9.88 Å². The van der Waals surface area contributed by atoms with Crippen LogP contribution in [0.1, 0.15) is 11.4 Å². The number of rotatable bonds is 4. The van der Waals surface area contributed by atoms with Crippen LogP contribution in [0.15, 0.2) is 35.2 Å². The van der Waals surface area contributed by atoms with Crippen molar-refractivity contribution in [2.75, 3.05) is 5.32 Å². The van der Waals surface area contributed by atoms with Crippen molar-refractivity contribution in [3.8, 4) is 0 Å². The van der Waals surface area contributed by atoms with Gasteiger partial charge in [0.25, 0.3) is 0 Å². The first-order valence-electron chi connectivity index (χ1n) is 5.81. The Balaban J connectivity index is 2.28. The first kappa shape index (κ1) is 15.3. The summed E-state index contributed by atoms with van der Waals surface area (Å²) in [6.45, 7) is 1.79. The molecule has 1 aromatic heterocycles. The zero-order valence-corrected chi connectivity index (χ0v) is 12.7. The zero-order valence-electron chi connectivity index (χ0n) is 11.1. The Hall–Kier alpha value is -2.10. The molecule has 2 aromatic rings. The van der Waals surface area contributed by atoms with Crippen molar-refractivity contribution in [2.45, 2.75) is 11.8 Å². The predicted octanol–water partition coefficient (Wildman–Crippen LogP) is 0.810. The van der Waals surface area contributed by atoms with E-state index in [9.17, 15) is 8.42 Å². The minimum absolute atomic E-state index is 0.0297. The summed E-state index contributed by atoms with van der Waals surface area (Å²) in [6.07, 6.45) is 0. The number of anilines is 2. The quantitative estimate of drug-likeness (QED) is 0.711. The molecular formula is C12H13N5O2S2. The van der Waals surface area contributed by atoms with Crippen molar-refractivity contribution < 1.29 is 8.42 Å². The molecule has 5 N–H and O–H groups in total. The SMILES string of the molecule is Cc1cc(C(N)=S)nc(Nc2ccc(S(N)(=O)=O)cc2)n1. The normalized spacial score (nSPS) is 11.1. The second kappa shape index (κ2) is 5.72. The summed E-state index contributed by atoms with van der Waals surface area (Å²) in [6, 6.07) is 7.58. The molecule has 0 aliphatic carbocycles. The Bertz CT molecular complexity index is 788. The van der Waals surface area contributed by atoms with Gasteiger partial charge in [0.15, 0.2) is 0 Å². The van der Waals surface area contributed by atoms with Crippen LogP contribution in [0.5, 0.6) is 0 Å². The predicted molar refractivity (Wildman–Crippen MR) is 83.8 cm³/mol. The molecule has 9 heteroatoms. The fourth-order valence-corrected chi connectivity index (χ4v) is 2.23. The maximum atomic E-state index is 11.2. The Kier molecular flexibility index (Phi) is 4.16. The Morgan fingerprint density at radius 3 is 2.38 bits per heavy atom. The van der Waals surface area contributed by atoms with Gasteiger partial charge in [-0.3, -0.25) is 0 Å². The van der Waals surface area contributed by atoms with E-state index < -0.39 is 10.0 Å². The minimum atomic E-state index is -3.71. The number of sulfonamides is 1. The summed E-state index contributed by atoms with van der Waals surface area (Å²) in [5.74, 6) is 0.321. The summed E-state index contributed by atoms with van der Waals surface area (Å²) in [7, 11) is -3.71. The lowest BCUT2D eigenvalue weighted by molar-refractivity contribution is 0.598. The van der Waals surface area contributed by atoms with Gasteiger partial charge in [-0.1, -0.05) is 12.2 Å². The summed E-state index contributed by atoms with van der Waals surface area (Å²) in [5.41, 5.74) is 7.32. The molecular weight excluding hydrogens is 310 g/mol. The highest BCUT2D eigenvalue weighted by Crippen LogP contribution is 2.16. The number of nitrogens with one attached hydrogen (secondary N) is 1. The van der Waals surface area contributed by atoms with Crippen molar-refractivity contribution in [1.82, 2.24) is 9.97 Å². The number of benzene rings is 1. The molecule has 7 nitrogen and oxygen atoms in total. The third-order valence-electron chi connectivity index (χ3n) is 2.55. The van der Waals surface area contributed by atoms with Gasteiger partial charge in [-0.2, -0.15) is 0 Å². The van der Waals surface area contributed by atoms with Crippen LogP contribution in [0.3, 0.4) is 0 Å². The molecule has 0 radical (unpaired) electrons. The minimum Gasteiger partial charge on any atom is -0.388 e. The maximum absolute atomic E-state index is 11.2. The second-order valence-electron chi connectivity index (χ2n) is 4.28. The van der Waals surface area contributed by atoms with Gasteiger partial charge in [-0.25, -0.2) is 23.5 Å². The molecule has 0 spiro atoms.